The number of carbonyl (C=O) groups is 1. The standard InChI is InChI=1S/C17H18Cl2N2O3S/c1-11(2)20-17(22)12-6-3-4-9-16(12)21-25(23,24)10-13-14(18)7-5-8-15(13)19/h3-9,11,21H,10H2,1-2H3,(H,20,22). The Morgan fingerprint density at radius 3 is 2.24 bits per heavy atom. The van der Waals surface area contributed by atoms with Gasteiger partial charge in [-0.2, -0.15) is 0 Å². The zero-order chi connectivity index (χ0) is 18.6. The summed E-state index contributed by atoms with van der Waals surface area (Å²) in [6.07, 6.45) is 0. The van der Waals surface area contributed by atoms with E-state index in [2.05, 4.69) is 10.0 Å². The summed E-state index contributed by atoms with van der Waals surface area (Å²) in [7, 11) is -3.82. The number of hydrogen-bond acceptors (Lipinski definition) is 3. The van der Waals surface area contributed by atoms with Crippen LogP contribution in [-0.4, -0.2) is 20.4 Å². The van der Waals surface area contributed by atoms with E-state index in [0.29, 0.717) is 5.56 Å². The molecule has 0 aliphatic rings. The number of amides is 1. The van der Waals surface area contributed by atoms with E-state index in [1.807, 2.05) is 13.8 Å². The molecule has 2 aromatic rings. The highest BCUT2D eigenvalue weighted by atomic mass is 35.5. The van der Waals surface area contributed by atoms with Gasteiger partial charge in [0.2, 0.25) is 10.0 Å². The van der Waals surface area contributed by atoms with Crippen molar-refractivity contribution in [3.05, 3.63) is 63.6 Å². The lowest BCUT2D eigenvalue weighted by Gasteiger charge is -2.15. The quantitative estimate of drug-likeness (QED) is 0.766. The third kappa shape index (κ3) is 5.36. The molecule has 25 heavy (non-hydrogen) atoms. The molecule has 0 saturated carbocycles. The number of benzene rings is 2. The SMILES string of the molecule is CC(C)NC(=O)c1ccccc1NS(=O)(=O)Cc1c(Cl)cccc1Cl. The molecule has 0 fully saturated rings. The predicted octanol–water partition coefficient (Wildman–Crippen LogP) is 4.07. The van der Waals surface area contributed by atoms with Gasteiger partial charge in [-0.15, -0.1) is 0 Å². The second kappa shape index (κ2) is 8.08. The number of halogens is 2. The largest absolute Gasteiger partial charge is 0.350 e. The molecule has 2 N–H and O–H groups in total. The molecule has 2 aromatic carbocycles. The van der Waals surface area contributed by atoms with Crippen LogP contribution in [-0.2, 0) is 15.8 Å². The third-order valence-corrected chi connectivity index (χ3v) is 5.16. The average molecular weight is 401 g/mol. The summed E-state index contributed by atoms with van der Waals surface area (Å²) in [5, 5.41) is 3.27. The molecular weight excluding hydrogens is 383 g/mol. The average Bonchev–Trinajstić information content (AvgIpc) is 2.50. The zero-order valence-corrected chi connectivity index (χ0v) is 16.0. The van der Waals surface area contributed by atoms with Gasteiger partial charge in [0.25, 0.3) is 5.91 Å². The normalized spacial score (nSPS) is 11.4. The first kappa shape index (κ1) is 19.6. The second-order valence-corrected chi connectivity index (χ2v) is 8.27. The van der Waals surface area contributed by atoms with E-state index in [-0.39, 0.29) is 33.2 Å². The summed E-state index contributed by atoms with van der Waals surface area (Å²) in [6.45, 7) is 3.65. The van der Waals surface area contributed by atoms with Gasteiger partial charge in [-0.25, -0.2) is 8.42 Å². The minimum atomic E-state index is -3.82. The van der Waals surface area contributed by atoms with E-state index < -0.39 is 15.8 Å². The lowest BCUT2D eigenvalue weighted by molar-refractivity contribution is 0.0944. The predicted molar refractivity (Wildman–Crippen MR) is 102 cm³/mol. The maximum atomic E-state index is 12.5. The van der Waals surface area contributed by atoms with E-state index in [1.165, 1.54) is 6.07 Å². The van der Waals surface area contributed by atoms with E-state index >= 15 is 0 Å². The fraction of sp³-hybridized carbons (Fsp3) is 0.235. The molecule has 0 unspecified atom stereocenters. The van der Waals surface area contributed by atoms with Gasteiger partial charge < -0.3 is 5.32 Å². The van der Waals surface area contributed by atoms with Gasteiger partial charge in [0.15, 0.2) is 0 Å². The Bertz CT molecular complexity index is 863. The number of carbonyl (C=O) groups excluding carboxylic acids is 1. The van der Waals surface area contributed by atoms with Crippen molar-refractivity contribution < 1.29 is 13.2 Å². The Kier molecular flexibility index (Phi) is 6.32. The number of hydrogen-bond donors (Lipinski definition) is 2. The van der Waals surface area contributed by atoms with Gasteiger partial charge in [-0.1, -0.05) is 41.4 Å². The molecule has 0 aliphatic carbocycles. The van der Waals surface area contributed by atoms with Gasteiger partial charge in [-0.3, -0.25) is 9.52 Å². The van der Waals surface area contributed by atoms with Gasteiger partial charge >= 0.3 is 0 Å². The first-order valence-electron chi connectivity index (χ1n) is 7.53. The summed E-state index contributed by atoms with van der Waals surface area (Å²) in [5.41, 5.74) is 0.747. The molecular formula is C17H18Cl2N2O3S. The minimum absolute atomic E-state index is 0.0703. The van der Waals surface area contributed by atoms with E-state index in [4.69, 9.17) is 23.2 Å². The van der Waals surface area contributed by atoms with Crippen LogP contribution in [0.2, 0.25) is 10.0 Å². The van der Waals surface area contributed by atoms with Gasteiger partial charge in [-0.05, 0) is 38.1 Å². The lowest BCUT2D eigenvalue weighted by atomic mass is 10.1. The molecule has 0 radical (unpaired) electrons. The monoisotopic (exact) mass is 400 g/mol. The summed E-state index contributed by atoms with van der Waals surface area (Å²) >= 11 is 12.1. The molecule has 0 bridgehead atoms. The van der Waals surface area contributed by atoms with Crippen LogP contribution in [0.15, 0.2) is 42.5 Å². The van der Waals surface area contributed by atoms with Gasteiger partial charge in [0.05, 0.1) is 17.0 Å². The highest BCUT2D eigenvalue weighted by Gasteiger charge is 2.20. The topological polar surface area (TPSA) is 75.3 Å². The van der Waals surface area contributed by atoms with E-state index in [0.717, 1.165) is 0 Å². The van der Waals surface area contributed by atoms with Crippen LogP contribution in [0.1, 0.15) is 29.8 Å². The van der Waals surface area contributed by atoms with Crippen molar-refractivity contribution in [2.75, 3.05) is 4.72 Å². The summed E-state index contributed by atoms with van der Waals surface area (Å²) in [4.78, 5) is 12.2. The Morgan fingerprint density at radius 1 is 1.04 bits per heavy atom. The molecule has 1 amide bonds. The molecule has 0 aromatic heterocycles. The number of nitrogens with one attached hydrogen (secondary N) is 2. The molecule has 5 nitrogen and oxygen atoms in total. The Morgan fingerprint density at radius 2 is 1.64 bits per heavy atom. The van der Waals surface area contributed by atoms with Crippen LogP contribution in [0, 0.1) is 0 Å². The maximum Gasteiger partial charge on any atom is 0.253 e. The summed E-state index contributed by atoms with van der Waals surface area (Å²) in [6, 6.07) is 11.1. The number of sulfonamides is 1. The van der Waals surface area contributed by atoms with E-state index in [1.54, 1.807) is 36.4 Å². The molecule has 0 heterocycles. The van der Waals surface area contributed by atoms with E-state index in [9.17, 15) is 13.2 Å². The molecule has 0 saturated heterocycles. The van der Waals surface area contributed by atoms with Crippen LogP contribution in [0.4, 0.5) is 5.69 Å². The highest BCUT2D eigenvalue weighted by Crippen LogP contribution is 2.27. The third-order valence-electron chi connectivity index (χ3n) is 3.25. The second-order valence-electron chi connectivity index (χ2n) is 5.74. The fourth-order valence-electron chi connectivity index (χ4n) is 2.17. The first-order valence-corrected chi connectivity index (χ1v) is 9.93. The Hall–Kier alpha value is -1.76. The summed E-state index contributed by atoms with van der Waals surface area (Å²) < 4.78 is 27.5. The molecule has 134 valence electrons. The van der Waals surface area contributed by atoms with Crippen molar-refractivity contribution >= 4 is 44.8 Å². The maximum absolute atomic E-state index is 12.5. The first-order chi connectivity index (χ1) is 11.7. The van der Waals surface area contributed by atoms with Crippen molar-refractivity contribution in [2.24, 2.45) is 0 Å². The van der Waals surface area contributed by atoms with Gasteiger partial charge in [0, 0.05) is 21.7 Å². The molecule has 2 rings (SSSR count). The van der Waals surface area contributed by atoms with Crippen molar-refractivity contribution in [2.45, 2.75) is 25.6 Å². The highest BCUT2D eigenvalue weighted by molar-refractivity contribution is 7.91. The molecule has 0 atom stereocenters. The smallest absolute Gasteiger partial charge is 0.253 e. The summed E-state index contributed by atoms with van der Waals surface area (Å²) in [5.74, 6) is -0.755. The number of anilines is 1. The number of para-hydroxylation sites is 1. The fourth-order valence-corrected chi connectivity index (χ4v) is 4.14. The van der Waals surface area contributed by atoms with Crippen LogP contribution >= 0.6 is 23.2 Å². The van der Waals surface area contributed by atoms with Crippen LogP contribution in [0.3, 0.4) is 0 Å². The van der Waals surface area contributed by atoms with Gasteiger partial charge in [0.1, 0.15) is 0 Å². The lowest BCUT2D eigenvalue weighted by Crippen LogP contribution is -2.31. The van der Waals surface area contributed by atoms with Crippen LogP contribution in [0.5, 0.6) is 0 Å². The van der Waals surface area contributed by atoms with Crippen molar-refractivity contribution in [1.82, 2.24) is 5.32 Å². The van der Waals surface area contributed by atoms with Crippen molar-refractivity contribution in [1.29, 1.82) is 0 Å². The minimum Gasteiger partial charge on any atom is -0.350 e. The van der Waals surface area contributed by atoms with Crippen molar-refractivity contribution in [3.63, 3.8) is 0 Å². The number of rotatable bonds is 6. The molecule has 8 heteroatoms. The van der Waals surface area contributed by atoms with Crippen molar-refractivity contribution in [3.8, 4) is 0 Å². The van der Waals surface area contributed by atoms with Crippen LogP contribution in [0.25, 0.3) is 0 Å². The molecule has 0 spiro atoms. The Balaban J connectivity index is 2.28. The Labute approximate surface area is 157 Å². The zero-order valence-electron chi connectivity index (χ0n) is 13.7. The molecule has 0 aliphatic heterocycles. The van der Waals surface area contributed by atoms with Crippen LogP contribution < -0.4 is 10.0 Å².